The van der Waals surface area contributed by atoms with Crippen molar-refractivity contribution in [1.29, 1.82) is 0 Å². The van der Waals surface area contributed by atoms with E-state index < -0.39 is 0 Å². The standard InChI is InChI=1S/C15H25N3O/c1-4-9-16-14-12(3)15(18-10-17-14)19-13-7-5-11(2)6-8-13/h10-11,13H,4-9H2,1-3H3,(H,16,17,18). The lowest BCUT2D eigenvalue weighted by molar-refractivity contribution is 0.129. The number of ether oxygens (including phenoxy) is 1. The highest BCUT2D eigenvalue weighted by Crippen LogP contribution is 2.28. The first-order valence-electron chi connectivity index (χ1n) is 7.42. The Morgan fingerprint density at radius 1 is 1.26 bits per heavy atom. The molecule has 4 nitrogen and oxygen atoms in total. The average Bonchev–Trinajstić information content (AvgIpc) is 2.42. The van der Waals surface area contributed by atoms with Crippen LogP contribution in [0, 0.1) is 12.8 Å². The monoisotopic (exact) mass is 263 g/mol. The van der Waals surface area contributed by atoms with Gasteiger partial charge in [-0.15, -0.1) is 0 Å². The van der Waals surface area contributed by atoms with Crippen molar-refractivity contribution >= 4 is 5.82 Å². The molecular formula is C15H25N3O. The van der Waals surface area contributed by atoms with Crippen LogP contribution in [-0.4, -0.2) is 22.6 Å². The molecule has 0 unspecified atom stereocenters. The van der Waals surface area contributed by atoms with Gasteiger partial charge >= 0.3 is 0 Å². The number of hydrogen-bond acceptors (Lipinski definition) is 4. The van der Waals surface area contributed by atoms with Crippen LogP contribution in [0.3, 0.4) is 0 Å². The summed E-state index contributed by atoms with van der Waals surface area (Å²) in [4.78, 5) is 8.57. The molecule has 1 aromatic heterocycles. The third kappa shape index (κ3) is 3.82. The molecule has 1 aliphatic carbocycles. The van der Waals surface area contributed by atoms with Crippen LogP contribution >= 0.6 is 0 Å². The van der Waals surface area contributed by atoms with Gasteiger partial charge in [0.15, 0.2) is 0 Å². The Morgan fingerprint density at radius 3 is 2.68 bits per heavy atom. The fourth-order valence-corrected chi connectivity index (χ4v) is 2.48. The smallest absolute Gasteiger partial charge is 0.221 e. The van der Waals surface area contributed by atoms with Crippen LogP contribution in [0.2, 0.25) is 0 Å². The maximum atomic E-state index is 6.06. The Morgan fingerprint density at radius 2 is 2.00 bits per heavy atom. The summed E-state index contributed by atoms with van der Waals surface area (Å²) in [5, 5.41) is 3.32. The average molecular weight is 263 g/mol. The van der Waals surface area contributed by atoms with Gasteiger partial charge in [0.2, 0.25) is 5.88 Å². The zero-order valence-electron chi connectivity index (χ0n) is 12.3. The van der Waals surface area contributed by atoms with Gasteiger partial charge in [0.25, 0.3) is 0 Å². The minimum atomic E-state index is 0.323. The van der Waals surface area contributed by atoms with Crippen LogP contribution in [0.5, 0.6) is 5.88 Å². The first kappa shape index (κ1) is 14.1. The van der Waals surface area contributed by atoms with Crippen molar-refractivity contribution in [3.05, 3.63) is 11.9 Å². The second-order valence-electron chi connectivity index (χ2n) is 5.58. The van der Waals surface area contributed by atoms with Crippen LogP contribution in [-0.2, 0) is 0 Å². The van der Waals surface area contributed by atoms with Crippen molar-refractivity contribution in [2.45, 2.75) is 59.0 Å². The molecule has 2 rings (SSSR count). The van der Waals surface area contributed by atoms with E-state index in [9.17, 15) is 0 Å². The molecule has 19 heavy (non-hydrogen) atoms. The third-order valence-electron chi connectivity index (χ3n) is 3.82. The highest BCUT2D eigenvalue weighted by Gasteiger charge is 2.21. The fourth-order valence-electron chi connectivity index (χ4n) is 2.48. The van der Waals surface area contributed by atoms with E-state index in [1.54, 1.807) is 6.33 Å². The molecule has 1 N–H and O–H groups in total. The van der Waals surface area contributed by atoms with Crippen molar-refractivity contribution < 1.29 is 4.74 Å². The number of hydrogen-bond donors (Lipinski definition) is 1. The minimum Gasteiger partial charge on any atom is -0.474 e. The molecule has 0 aliphatic heterocycles. The molecule has 0 aromatic carbocycles. The van der Waals surface area contributed by atoms with Crippen molar-refractivity contribution in [2.75, 3.05) is 11.9 Å². The normalized spacial score (nSPS) is 23.1. The van der Waals surface area contributed by atoms with Gasteiger partial charge in [-0.3, -0.25) is 0 Å². The van der Waals surface area contributed by atoms with Gasteiger partial charge in [-0.25, -0.2) is 9.97 Å². The molecule has 0 amide bonds. The summed E-state index contributed by atoms with van der Waals surface area (Å²) >= 11 is 0. The number of nitrogens with one attached hydrogen (secondary N) is 1. The highest BCUT2D eigenvalue weighted by molar-refractivity contribution is 5.47. The molecule has 106 valence electrons. The summed E-state index contributed by atoms with van der Waals surface area (Å²) in [6.07, 6.45) is 7.80. The van der Waals surface area contributed by atoms with E-state index >= 15 is 0 Å². The van der Waals surface area contributed by atoms with E-state index in [0.29, 0.717) is 6.10 Å². The molecule has 0 spiro atoms. The molecular weight excluding hydrogens is 238 g/mol. The number of rotatable bonds is 5. The Bertz CT molecular complexity index is 400. The first-order valence-corrected chi connectivity index (χ1v) is 7.42. The van der Waals surface area contributed by atoms with Crippen LogP contribution in [0.4, 0.5) is 5.82 Å². The van der Waals surface area contributed by atoms with Gasteiger partial charge in [0.1, 0.15) is 18.2 Å². The van der Waals surface area contributed by atoms with E-state index in [1.807, 2.05) is 6.92 Å². The molecule has 1 aliphatic rings. The number of aromatic nitrogens is 2. The van der Waals surface area contributed by atoms with E-state index in [2.05, 4.69) is 29.1 Å². The van der Waals surface area contributed by atoms with Crippen LogP contribution in [0.15, 0.2) is 6.33 Å². The topological polar surface area (TPSA) is 47.0 Å². The summed E-state index contributed by atoms with van der Waals surface area (Å²) in [6.45, 7) is 7.42. The highest BCUT2D eigenvalue weighted by atomic mass is 16.5. The Kier molecular flexibility index (Phi) is 5.00. The molecule has 0 bridgehead atoms. The largest absolute Gasteiger partial charge is 0.474 e. The van der Waals surface area contributed by atoms with E-state index in [0.717, 1.165) is 49.0 Å². The zero-order valence-corrected chi connectivity index (χ0v) is 12.3. The molecule has 1 fully saturated rings. The second-order valence-corrected chi connectivity index (χ2v) is 5.58. The zero-order chi connectivity index (χ0) is 13.7. The third-order valence-corrected chi connectivity index (χ3v) is 3.82. The Balaban J connectivity index is 1.99. The number of nitrogens with zero attached hydrogens (tertiary/aromatic N) is 2. The van der Waals surface area contributed by atoms with E-state index in [1.165, 1.54) is 12.8 Å². The second kappa shape index (κ2) is 6.73. The summed E-state index contributed by atoms with van der Waals surface area (Å²) in [5.41, 5.74) is 1.02. The van der Waals surface area contributed by atoms with Crippen molar-refractivity contribution in [2.24, 2.45) is 5.92 Å². The predicted octanol–water partition coefficient (Wildman–Crippen LogP) is 3.56. The van der Waals surface area contributed by atoms with Gasteiger partial charge < -0.3 is 10.1 Å². The lowest BCUT2D eigenvalue weighted by Gasteiger charge is -2.27. The molecule has 1 heterocycles. The fraction of sp³-hybridized carbons (Fsp3) is 0.733. The quantitative estimate of drug-likeness (QED) is 0.882. The molecule has 0 saturated heterocycles. The van der Waals surface area contributed by atoms with Gasteiger partial charge in [0.05, 0.1) is 5.56 Å². The maximum absolute atomic E-state index is 6.06. The minimum absolute atomic E-state index is 0.323. The van der Waals surface area contributed by atoms with Gasteiger partial charge in [0, 0.05) is 6.54 Å². The van der Waals surface area contributed by atoms with Crippen LogP contribution < -0.4 is 10.1 Å². The summed E-state index contributed by atoms with van der Waals surface area (Å²) in [6, 6.07) is 0. The van der Waals surface area contributed by atoms with E-state index in [4.69, 9.17) is 4.74 Å². The molecule has 0 radical (unpaired) electrons. The SMILES string of the molecule is CCCNc1ncnc(OC2CCC(C)CC2)c1C. The lowest BCUT2D eigenvalue weighted by Crippen LogP contribution is -2.24. The van der Waals surface area contributed by atoms with Gasteiger partial charge in [-0.1, -0.05) is 13.8 Å². The summed E-state index contributed by atoms with van der Waals surface area (Å²) in [5.74, 6) is 2.48. The van der Waals surface area contributed by atoms with Crippen LogP contribution in [0.25, 0.3) is 0 Å². The van der Waals surface area contributed by atoms with E-state index in [-0.39, 0.29) is 0 Å². The number of anilines is 1. The maximum Gasteiger partial charge on any atom is 0.221 e. The molecule has 4 heteroatoms. The van der Waals surface area contributed by atoms with Crippen LogP contribution in [0.1, 0.15) is 51.5 Å². The molecule has 1 aromatic rings. The van der Waals surface area contributed by atoms with Crippen molar-refractivity contribution in [3.63, 3.8) is 0 Å². The lowest BCUT2D eigenvalue weighted by atomic mass is 9.89. The molecule has 0 atom stereocenters. The molecule has 1 saturated carbocycles. The van der Waals surface area contributed by atoms with Crippen molar-refractivity contribution in [3.8, 4) is 5.88 Å². The predicted molar refractivity (Wildman–Crippen MR) is 77.6 cm³/mol. The Labute approximate surface area is 116 Å². The Hall–Kier alpha value is -1.32. The van der Waals surface area contributed by atoms with Crippen molar-refractivity contribution in [1.82, 2.24) is 9.97 Å². The van der Waals surface area contributed by atoms with Gasteiger partial charge in [-0.05, 0) is 44.9 Å². The first-order chi connectivity index (χ1) is 9.20. The summed E-state index contributed by atoms with van der Waals surface area (Å²) < 4.78 is 6.06. The van der Waals surface area contributed by atoms with Gasteiger partial charge in [-0.2, -0.15) is 0 Å². The summed E-state index contributed by atoms with van der Waals surface area (Å²) in [7, 11) is 0.